The fraction of sp³-hybridized carbons (Fsp3) is 0.429. The quantitative estimate of drug-likeness (QED) is 0.515. The molecule has 2 aromatic rings. The van der Waals surface area contributed by atoms with Gasteiger partial charge in [0.2, 0.25) is 0 Å². The normalized spacial score (nSPS) is 14.2. The van der Waals surface area contributed by atoms with Crippen molar-refractivity contribution in [3.05, 3.63) is 40.8 Å². The first kappa shape index (κ1) is 22.1. The molecule has 10 heteroatoms. The van der Waals surface area contributed by atoms with E-state index in [1.807, 2.05) is 0 Å². The molecular formula is C21H24N2O8. The minimum atomic E-state index is -0.707. The van der Waals surface area contributed by atoms with E-state index < -0.39 is 30.7 Å². The summed E-state index contributed by atoms with van der Waals surface area (Å²) in [6, 6.07) is 7.66. The molecule has 0 spiro atoms. The number of amides is 2. The van der Waals surface area contributed by atoms with E-state index in [-0.39, 0.29) is 12.1 Å². The van der Waals surface area contributed by atoms with E-state index in [2.05, 4.69) is 5.32 Å². The van der Waals surface area contributed by atoms with Crippen molar-refractivity contribution in [3.8, 4) is 5.75 Å². The summed E-state index contributed by atoms with van der Waals surface area (Å²) in [4.78, 5) is 48.4. The third kappa shape index (κ3) is 6.46. The van der Waals surface area contributed by atoms with Crippen LogP contribution in [-0.2, 0) is 19.1 Å². The van der Waals surface area contributed by atoms with Crippen LogP contribution in [0.3, 0.4) is 0 Å². The summed E-state index contributed by atoms with van der Waals surface area (Å²) in [7, 11) is 0. The van der Waals surface area contributed by atoms with Crippen LogP contribution < -0.4 is 15.7 Å². The molecule has 0 saturated carbocycles. The topological polar surface area (TPSA) is 124 Å². The molecule has 0 bridgehead atoms. The second-order valence-corrected chi connectivity index (χ2v) is 6.93. The summed E-state index contributed by atoms with van der Waals surface area (Å²) in [5, 5.41) is 3.51. The van der Waals surface area contributed by atoms with Crippen LogP contribution in [-0.4, -0.2) is 61.8 Å². The van der Waals surface area contributed by atoms with Gasteiger partial charge in [-0.1, -0.05) is 0 Å². The van der Waals surface area contributed by atoms with Crippen molar-refractivity contribution in [2.75, 3.05) is 32.9 Å². The SMILES string of the molecule is CCOC(=O)N1CCC(NC(=O)COC(=O)COc2ccc3ccc(=O)oc3c2)CC1. The number of nitrogens with one attached hydrogen (secondary N) is 1. The van der Waals surface area contributed by atoms with Crippen molar-refractivity contribution >= 4 is 28.9 Å². The summed E-state index contributed by atoms with van der Waals surface area (Å²) in [5.41, 5.74) is -0.145. The first-order valence-corrected chi connectivity index (χ1v) is 9.98. The van der Waals surface area contributed by atoms with Crippen molar-refractivity contribution in [1.29, 1.82) is 0 Å². The molecule has 2 amide bonds. The average Bonchev–Trinajstić information content (AvgIpc) is 2.76. The van der Waals surface area contributed by atoms with Gasteiger partial charge in [-0.15, -0.1) is 0 Å². The molecule has 0 atom stereocenters. The highest BCUT2D eigenvalue weighted by Gasteiger charge is 2.24. The molecule has 1 aromatic carbocycles. The van der Waals surface area contributed by atoms with Gasteiger partial charge in [0.1, 0.15) is 11.3 Å². The molecule has 0 aliphatic carbocycles. The van der Waals surface area contributed by atoms with E-state index in [1.165, 1.54) is 12.1 Å². The van der Waals surface area contributed by atoms with Gasteiger partial charge in [0, 0.05) is 36.7 Å². The predicted octanol–water partition coefficient (Wildman–Crippen LogP) is 1.45. The number of benzene rings is 1. The number of hydrogen-bond donors (Lipinski definition) is 1. The molecule has 1 fully saturated rings. The van der Waals surface area contributed by atoms with E-state index >= 15 is 0 Å². The molecular weight excluding hydrogens is 408 g/mol. The predicted molar refractivity (Wildman–Crippen MR) is 109 cm³/mol. The lowest BCUT2D eigenvalue weighted by Gasteiger charge is -2.31. The fourth-order valence-corrected chi connectivity index (χ4v) is 3.15. The minimum Gasteiger partial charge on any atom is -0.482 e. The van der Waals surface area contributed by atoms with E-state index in [4.69, 9.17) is 18.6 Å². The number of likely N-dealkylation sites (tertiary alicyclic amines) is 1. The number of piperidine rings is 1. The third-order valence-corrected chi connectivity index (χ3v) is 4.70. The van der Waals surface area contributed by atoms with Gasteiger partial charge in [0.15, 0.2) is 13.2 Å². The molecule has 1 aliphatic heterocycles. The molecule has 1 aliphatic rings. The Balaban J connectivity index is 1.36. The number of carbonyl (C=O) groups is 3. The maximum Gasteiger partial charge on any atom is 0.409 e. The van der Waals surface area contributed by atoms with Crippen LogP contribution in [0.2, 0.25) is 0 Å². The Kier molecular flexibility index (Phi) is 7.47. The zero-order valence-electron chi connectivity index (χ0n) is 17.1. The van der Waals surface area contributed by atoms with E-state index in [0.29, 0.717) is 43.9 Å². The van der Waals surface area contributed by atoms with Crippen LogP contribution in [0, 0.1) is 0 Å². The summed E-state index contributed by atoms with van der Waals surface area (Å²) in [6.45, 7) is 2.23. The molecule has 0 radical (unpaired) electrons. The largest absolute Gasteiger partial charge is 0.482 e. The van der Waals surface area contributed by atoms with Crippen LogP contribution in [0.1, 0.15) is 19.8 Å². The molecule has 0 unspecified atom stereocenters. The maximum absolute atomic E-state index is 12.0. The summed E-state index contributed by atoms with van der Waals surface area (Å²) < 4.78 is 20.3. The number of fused-ring (bicyclic) bond motifs is 1. The number of hydrogen-bond acceptors (Lipinski definition) is 8. The van der Waals surface area contributed by atoms with Gasteiger partial charge in [-0.2, -0.15) is 0 Å². The van der Waals surface area contributed by atoms with Crippen LogP contribution in [0.25, 0.3) is 11.0 Å². The van der Waals surface area contributed by atoms with Gasteiger partial charge in [-0.05, 0) is 38.0 Å². The smallest absolute Gasteiger partial charge is 0.409 e. The number of ether oxygens (including phenoxy) is 3. The molecule has 31 heavy (non-hydrogen) atoms. The lowest BCUT2D eigenvalue weighted by atomic mass is 10.1. The number of nitrogens with zero attached hydrogens (tertiary/aromatic N) is 1. The van der Waals surface area contributed by atoms with Crippen LogP contribution >= 0.6 is 0 Å². The standard InChI is InChI=1S/C21H24N2O8/c1-2-28-21(27)23-9-7-15(8-10-23)22-18(24)12-30-20(26)13-29-16-5-3-14-4-6-19(25)31-17(14)11-16/h3-6,11,15H,2,7-10,12-13H2,1H3,(H,22,24). The molecule has 2 heterocycles. The molecule has 166 valence electrons. The first-order chi connectivity index (χ1) is 14.9. The maximum atomic E-state index is 12.0. The van der Waals surface area contributed by atoms with Crippen molar-refractivity contribution in [2.45, 2.75) is 25.8 Å². The van der Waals surface area contributed by atoms with Crippen molar-refractivity contribution in [1.82, 2.24) is 10.2 Å². The van der Waals surface area contributed by atoms with Gasteiger partial charge in [-0.3, -0.25) is 4.79 Å². The van der Waals surface area contributed by atoms with Crippen molar-refractivity contribution < 1.29 is 33.0 Å². The highest BCUT2D eigenvalue weighted by molar-refractivity contribution is 5.81. The Morgan fingerprint density at radius 2 is 1.84 bits per heavy atom. The molecule has 1 N–H and O–H groups in total. The van der Waals surface area contributed by atoms with Gasteiger partial charge in [0.25, 0.3) is 5.91 Å². The zero-order valence-corrected chi connectivity index (χ0v) is 17.1. The highest BCUT2D eigenvalue weighted by Crippen LogP contribution is 2.19. The van der Waals surface area contributed by atoms with E-state index in [9.17, 15) is 19.2 Å². The summed E-state index contributed by atoms with van der Waals surface area (Å²) >= 11 is 0. The zero-order chi connectivity index (χ0) is 22.2. The van der Waals surface area contributed by atoms with E-state index in [1.54, 1.807) is 30.0 Å². The fourth-order valence-electron chi connectivity index (χ4n) is 3.15. The number of carbonyl (C=O) groups excluding carboxylic acids is 3. The lowest BCUT2D eigenvalue weighted by Crippen LogP contribution is -2.47. The molecule has 1 saturated heterocycles. The Morgan fingerprint density at radius 1 is 1.10 bits per heavy atom. The van der Waals surface area contributed by atoms with Crippen LogP contribution in [0.15, 0.2) is 39.5 Å². The molecule has 10 nitrogen and oxygen atoms in total. The number of rotatable bonds is 7. The van der Waals surface area contributed by atoms with Crippen LogP contribution in [0.4, 0.5) is 4.79 Å². The Morgan fingerprint density at radius 3 is 2.58 bits per heavy atom. The summed E-state index contributed by atoms with van der Waals surface area (Å²) in [6.07, 6.45) is 0.842. The summed E-state index contributed by atoms with van der Waals surface area (Å²) in [5.74, 6) is -0.797. The second kappa shape index (κ2) is 10.5. The van der Waals surface area contributed by atoms with Crippen molar-refractivity contribution in [2.24, 2.45) is 0 Å². The minimum absolute atomic E-state index is 0.0969. The van der Waals surface area contributed by atoms with Gasteiger partial charge < -0.3 is 28.8 Å². The highest BCUT2D eigenvalue weighted by atomic mass is 16.6. The Bertz CT molecular complexity index is 994. The lowest BCUT2D eigenvalue weighted by molar-refractivity contribution is -0.150. The third-order valence-electron chi connectivity index (χ3n) is 4.70. The van der Waals surface area contributed by atoms with Gasteiger partial charge >= 0.3 is 17.7 Å². The van der Waals surface area contributed by atoms with Crippen LogP contribution in [0.5, 0.6) is 5.75 Å². The van der Waals surface area contributed by atoms with Gasteiger partial charge in [-0.25, -0.2) is 14.4 Å². The molecule has 3 rings (SSSR count). The first-order valence-electron chi connectivity index (χ1n) is 9.98. The second-order valence-electron chi connectivity index (χ2n) is 6.93. The Labute approximate surface area is 178 Å². The number of esters is 1. The van der Waals surface area contributed by atoms with Gasteiger partial charge in [0.05, 0.1) is 6.61 Å². The van der Waals surface area contributed by atoms with Crippen molar-refractivity contribution in [3.63, 3.8) is 0 Å². The molecule has 1 aromatic heterocycles. The monoisotopic (exact) mass is 432 g/mol. The average molecular weight is 432 g/mol. The Hall–Kier alpha value is -3.56. The van der Waals surface area contributed by atoms with E-state index in [0.717, 1.165) is 5.39 Å².